The number of halogens is 1. The molecule has 0 aliphatic rings. The number of nitrogens with one attached hydrogen (secondary N) is 1. The van der Waals surface area contributed by atoms with E-state index in [1.165, 1.54) is 30.6 Å². The molecule has 2 rings (SSSR count). The summed E-state index contributed by atoms with van der Waals surface area (Å²) in [5, 5.41) is 3.23. The molecule has 0 radical (unpaired) electrons. The minimum Gasteiger partial charge on any atom is -0.465 e. The highest BCUT2D eigenvalue weighted by molar-refractivity contribution is 7.18. The molecule has 2 aromatic rings. The zero-order valence-electron chi connectivity index (χ0n) is 11.6. The molecule has 106 valence electrons. The Kier molecular flexibility index (Phi) is 4.39. The Morgan fingerprint density at radius 3 is 2.50 bits per heavy atom. The molecule has 1 N–H and O–H groups in total. The molecule has 0 bridgehead atoms. The third-order valence-electron chi connectivity index (χ3n) is 2.68. The Bertz CT molecular complexity index is 605. The maximum absolute atomic E-state index is 13.0. The Balaban J connectivity index is 2.42. The number of hydrogen-bond donors (Lipinski definition) is 1. The summed E-state index contributed by atoms with van der Waals surface area (Å²) in [7, 11) is 1.36. The topological polar surface area (TPSA) is 38.3 Å². The van der Waals surface area contributed by atoms with Crippen LogP contribution in [0.2, 0.25) is 0 Å². The van der Waals surface area contributed by atoms with Crippen LogP contribution in [0.25, 0.3) is 10.4 Å². The smallest absolute Gasteiger partial charge is 0.350 e. The SMILES string of the molecule is COC(=O)c1sc(-c2ccc(F)cc2)cc1NC(C)C. The lowest BCUT2D eigenvalue weighted by Crippen LogP contribution is -2.12. The van der Waals surface area contributed by atoms with E-state index in [9.17, 15) is 9.18 Å². The summed E-state index contributed by atoms with van der Waals surface area (Å²) in [5.74, 6) is -0.648. The molecule has 0 saturated heterocycles. The predicted molar refractivity (Wildman–Crippen MR) is 79.8 cm³/mol. The van der Waals surface area contributed by atoms with Crippen molar-refractivity contribution in [1.29, 1.82) is 0 Å². The Morgan fingerprint density at radius 1 is 1.30 bits per heavy atom. The van der Waals surface area contributed by atoms with Gasteiger partial charge in [0.1, 0.15) is 10.7 Å². The molecule has 20 heavy (non-hydrogen) atoms. The van der Waals surface area contributed by atoms with Crippen molar-refractivity contribution in [2.24, 2.45) is 0 Å². The molecule has 0 aliphatic heterocycles. The monoisotopic (exact) mass is 293 g/mol. The standard InChI is InChI=1S/C15H16FNO2S/c1-9(2)17-12-8-13(20-14(12)15(18)19-3)10-4-6-11(16)7-5-10/h4-9,17H,1-3H3. The largest absolute Gasteiger partial charge is 0.465 e. The molecule has 0 spiro atoms. The Morgan fingerprint density at radius 2 is 1.95 bits per heavy atom. The highest BCUT2D eigenvalue weighted by Crippen LogP contribution is 2.35. The van der Waals surface area contributed by atoms with Crippen LogP contribution in [0.5, 0.6) is 0 Å². The normalized spacial score (nSPS) is 10.7. The summed E-state index contributed by atoms with van der Waals surface area (Å²) in [6.45, 7) is 3.99. The van der Waals surface area contributed by atoms with Gasteiger partial charge in [0.2, 0.25) is 0 Å². The number of anilines is 1. The average Bonchev–Trinajstić information content (AvgIpc) is 2.81. The average molecular weight is 293 g/mol. The van der Waals surface area contributed by atoms with E-state index in [1.807, 2.05) is 19.9 Å². The Hall–Kier alpha value is -1.88. The fourth-order valence-electron chi connectivity index (χ4n) is 1.81. The van der Waals surface area contributed by atoms with Crippen molar-refractivity contribution in [3.63, 3.8) is 0 Å². The third kappa shape index (κ3) is 3.17. The van der Waals surface area contributed by atoms with E-state index in [2.05, 4.69) is 5.32 Å². The maximum atomic E-state index is 13.0. The number of hydrogen-bond acceptors (Lipinski definition) is 4. The van der Waals surface area contributed by atoms with Crippen LogP contribution < -0.4 is 5.32 Å². The fourth-order valence-corrected chi connectivity index (χ4v) is 2.86. The molecule has 1 heterocycles. The maximum Gasteiger partial charge on any atom is 0.350 e. The highest BCUT2D eigenvalue weighted by atomic mass is 32.1. The molecule has 5 heteroatoms. The van der Waals surface area contributed by atoms with Gasteiger partial charge in [0.25, 0.3) is 0 Å². The summed E-state index contributed by atoms with van der Waals surface area (Å²) in [4.78, 5) is 13.2. The summed E-state index contributed by atoms with van der Waals surface area (Å²) in [5.41, 5.74) is 1.62. The number of methoxy groups -OCH3 is 1. The predicted octanol–water partition coefficient (Wildman–Crippen LogP) is 4.16. The molecular weight excluding hydrogens is 277 g/mol. The first-order chi connectivity index (χ1) is 9.51. The minimum absolute atomic E-state index is 0.203. The number of ether oxygens (including phenoxy) is 1. The van der Waals surface area contributed by atoms with Crippen LogP contribution in [0.3, 0.4) is 0 Å². The van der Waals surface area contributed by atoms with Gasteiger partial charge in [0, 0.05) is 10.9 Å². The van der Waals surface area contributed by atoms with Crippen molar-refractivity contribution in [3.8, 4) is 10.4 Å². The molecule has 0 amide bonds. The molecular formula is C15H16FNO2S. The van der Waals surface area contributed by atoms with Crippen molar-refractivity contribution in [2.75, 3.05) is 12.4 Å². The van der Waals surface area contributed by atoms with Crippen LogP contribution in [-0.4, -0.2) is 19.1 Å². The molecule has 1 aromatic heterocycles. The van der Waals surface area contributed by atoms with Crippen molar-refractivity contribution in [2.45, 2.75) is 19.9 Å². The van der Waals surface area contributed by atoms with Crippen molar-refractivity contribution in [3.05, 3.63) is 41.0 Å². The van der Waals surface area contributed by atoms with E-state index in [1.54, 1.807) is 12.1 Å². The highest BCUT2D eigenvalue weighted by Gasteiger charge is 2.18. The van der Waals surface area contributed by atoms with E-state index in [-0.39, 0.29) is 17.8 Å². The lowest BCUT2D eigenvalue weighted by Gasteiger charge is -2.09. The number of rotatable bonds is 4. The van der Waals surface area contributed by atoms with Crippen molar-refractivity contribution >= 4 is 23.0 Å². The van der Waals surface area contributed by atoms with Gasteiger partial charge in [0.15, 0.2) is 0 Å². The lowest BCUT2D eigenvalue weighted by molar-refractivity contribution is 0.0607. The second-order valence-electron chi connectivity index (χ2n) is 4.65. The quantitative estimate of drug-likeness (QED) is 0.860. The summed E-state index contributed by atoms with van der Waals surface area (Å²) >= 11 is 1.33. The van der Waals surface area contributed by atoms with Crippen molar-refractivity contribution in [1.82, 2.24) is 0 Å². The van der Waals surface area contributed by atoms with Gasteiger partial charge in [0.05, 0.1) is 12.8 Å². The number of esters is 1. The van der Waals surface area contributed by atoms with E-state index < -0.39 is 0 Å². The van der Waals surface area contributed by atoms with Crippen LogP contribution in [0, 0.1) is 5.82 Å². The van der Waals surface area contributed by atoms with Crippen molar-refractivity contribution < 1.29 is 13.9 Å². The van der Waals surface area contributed by atoms with E-state index in [0.29, 0.717) is 4.88 Å². The van der Waals surface area contributed by atoms with Crippen LogP contribution in [0.15, 0.2) is 30.3 Å². The molecule has 3 nitrogen and oxygen atoms in total. The van der Waals surface area contributed by atoms with E-state index in [0.717, 1.165) is 16.1 Å². The first-order valence-electron chi connectivity index (χ1n) is 6.26. The van der Waals surface area contributed by atoms with Crippen LogP contribution in [0.4, 0.5) is 10.1 Å². The second kappa shape index (κ2) is 6.05. The van der Waals surface area contributed by atoms with Gasteiger partial charge < -0.3 is 10.1 Å². The summed E-state index contributed by atoms with van der Waals surface area (Å²) in [6, 6.07) is 8.30. The molecule has 0 unspecified atom stereocenters. The third-order valence-corrected chi connectivity index (χ3v) is 3.84. The zero-order chi connectivity index (χ0) is 14.7. The van der Waals surface area contributed by atoms with E-state index in [4.69, 9.17) is 4.74 Å². The van der Waals surface area contributed by atoms with Gasteiger partial charge in [-0.15, -0.1) is 11.3 Å². The minimum atomic E-state index is -0.369. The lowest BCUT2D eigenvalue weighted by atomic mass is 10.2. The number of carbonyl (C=O) groups is 1. The number of benzene rings is 1. The van der Waals surface area contributed by atoms with Gasteiger partial charge >= 0.3 is 5.97 Å². The summed E-state index contributed by atoms with van der Waals surface area (Å²) < 4.78 is 17.8. The number of thiophene rings is 1. The second-order valence-corrected chi connectivity index (χ2v) is 5.70. The summed E-state index contributed by atoms with van der Waals surface area (Å²) in [6.07, 6.45) is 0. The Labute approximate surface area is 121 Å². The zero-order valence-corrected chi connectivity index (χ0v) is 12.4. The van der Waals surface area contributed by atoms with Gasteiger partial charge in [-0.05, 0) is 37.6 Å². The van der Waals surface area contributed by atoms with E-state index >= 15 is 0 Å². The molecule has 1 aromatic carbocycles. The van der Waals surface area contributed by atoms with Gasteiger partial charge in [-0.1, -0.05) is 12.1 Å². The number of carbonyl (C=O) groups excluding carboxylic acids is 1. The van der Waals surface area contributed by atoms with Crippen LogP contribution in [0.1, 0.15) is 23.5 Å². The first-order valence-corrected chi connectivity index (χ1v) is 7.07. The van der Waals surface area contributed by atoms with Gasteiger partial charge in [-0.2, -0.15) is 0 Å². The van der Waals surface area contributed by atoms with Gasteiger partial charge in [-0.25, -0.2) is 9.18 Å². The molecule has 0 aliphatic carbocycles. The fraction of sp³-hybridized carbons (Fsp3) is 0.267. The molecule has 0 atom stereocenters. The first kappa shape index (κ1) is 14.5. The van der Waals surface area contributed by atoms with Crippen LogP contribution >= 0.6 is 11.3 Å². The molecule has 0 fully saturated rings. The van der Waals surface area contributed by atoms with Gasteiger partial charge in [-0.3, -0.25) is 0 Å². The van der Waals surface area contributed by atoms with Crippen LogP contribution in [-0.2, 0) is 4.74 Å². The molecule has 0 saturated carbocycles.